The lowest BCUT2D eigenvalue weighted by Crippen LogP contribution is -2.05. The molecule has 0 aromatic heterocycles. The summed E-state index contributed by atoms with van der Waals surface area (Å²) in [5, 5.41) is -0.337. The van der Waals surface area contributed by atoms with Gasteiger partial charge in [0.15, 0.2) is 5.78 Å². The summed E-state index contributed by atoms with van der Waals surface area (Å²) in [6.07, 6.45) is 0.990. The fourth-order valence-corrected chi connectivity index (χ4v) is 2.20. The van der Waals surface area contributed by atoms with Gasteiger partial charge < -0.3 is 0 Å². The van der Waals surface area contributed by atoms with E-state index in [0.29, 0.717) is 11.5 Å². The van der Waals surface area contributed by atoms with Gasteiger partial charge in [0.1, 0.15) is 11.6 Å². The number of hydrogen-bond donors (Lipinski definition) is 0. The van der Waals surface area contributed by atoms with E-state index < -0.39 is 17.4 Å². The van der Waals surface area contributed by atoms with E-state index in [2.05, 4.69) is 13.8 Å². The molecule has 2 rings (SSSR count). The van der Waals surface area contributed by atoms with Crippen molar-refractivity contribution in [1.82, 2.24) is 0 Å². The second kappa shape index (κ2) is 6.35. The summed E-state index contributed by atoms with van der Waals surface area (Å²) in [5.74, 6) is -1.80. The van der Waals surface area contributed by atoms with Crippen LogP contribution in [0.3, 0.4) is 0 Å². The molecule has 1 unspecified atom stereocenters. The van der Waals surface area contributed by atoms with Gasteiger partial charge in [0.25, 0.3) is 0 Å². The van der Waals surface area contributed by atoms with Crippen LogP contribution in [-0.2, 0) is 0 Å². The van der Waals surface area contributed by atoms with Crippen molar-refractivity contribution in [1.29, 1.82) is 0 Å². The standard InChI is InChI=1S/C17H15ClF2O/c1-3-10(2)11-4-6-12(7-5-11)17(21)13-8-16(20)14(18)9-15(13)19/h4-10H,3H2,1-2H3. The SMILES string of the molecule is CCC(C)c1ccc(C(=O)c2cc(F)c(Cl)cc2F)cc1. The average Bonchev–Trinajstić information content (AvgIpc) is 2.49. The Morgan fingerprint density at radius 3 is 2.33 bits per heavy atom. The number of hydrogen-bond acceptors (Lipinski definition) is 1. The predicted octanol–water partition coefficient (Wildman–Crippen LogP) is 5.36. The van der Waals surface area contributed by atoms with Crippen molar-refractivity contribution in [3.63, 3.8) is 0 Å². The summed E-state index contributed by atoms with van der Waals surface area (Å²) in [5.41, 5.74) is 1.12. The Morgan fingerprint density at radius 2 is 1.76 bits per heavy atom. The smallest absolute Gasteiger partial charge is 0.196 e. The maximum Gasteiger partial charge on any atom is 0.196 e. The van der Waals surface area contributed by atoms with Crippen molar-refractivity contribution >= 4 is 17.4 Å². The van der Waals surface area contributed by atoms with E-state index in [1.807, 2.05) is 12.1 Å². The first-order valence-electron chi connectivity index (χ1n) is 6.73. The summed E-state index contributed by atoms with van der Waals surface area (Å²) in [6.45, 7) is 4.17. The molecule has 0 heterocycles. The summed E-state index contributed by atoms with van der Waals surface area (Å²) in [6, 6.07) is 8.60. The van der Waals surface area contributed by atoms with Crippen LogP contribution >= 0.6 is 11.6 Å². The minimum Gasteiger partial charge on any atom is -0.288 e. The third-order valence-corrected chi connectivity index (χ3v) is 3.90. The largest absolute Gasteiger partial charge is 0.288 e. The van der Waals surface area contributed by atoms with Crippen molar-refractivity contribution < 1.29 is 13.6 Å². The molecular formula is C17H15ClF2O. The Balaban J connectivity index is 2.34. The molecule has 0 saturated heterocycles. The van der Waals surface area contributed by atoms with E-state index in [9.17, 15) is 13.6 Å². The first kappa shape index (κ1) is 15.6. The zero-order valence-electron chi connectivity index (χ0n) is 11.8. The highest BCUT2D eigenvalue weighted by Crippen LogP contribution is 2.23. The van der Waals surface area contributed by atoms with E-state index in [0.717, 1.165) is 24.1 Å². The van der Waals surface area contributed by atoms with Crippen molar-refractivity contribution in [3.8, 4) is 0 Å². The van der Waals surface area contributed by atoms with Crippen LogP contribution in [-0.4, -0.2) is 5.78 Å². The monoisotopic (exact) mass is 308 g/mol. The van der Waals surface area contributed by atoms with E-state index in [1.54, 1.807) is 12.1 Å². The number of rotatable bonds is 4. The summed E-state index contributed by atoms with van der Waals surface area (Å²) >= 11 is 5.48. The lowest BCUT2D eigenvalue weighted by molar-refractivity contribution is 0.103. The Morgan fingerprint density at radius 1 is 1.14 bits per heavy atom. The molecule has 0 bridgehead atoms. The molecule has 21 heavy (non-hydrogen) atoms. The molecular weight excluding hydrogens is 294 g/mol. The van der Waals surface area contributed by atoms with Gasteiger partial charge in [0, 0.05) is 5.56 Å². The quantitative estimate of drug-likeness (QED) is 0.548. The van der Waals surface area contributed by atoms with Crippen molar-refractivity contribution in [2.45, 2.75) is 26.2 Å². The van der Waals surface area contributed by atoms with Crippen LogP contribution < -0.4 is 0 Å². The highest BCUT2D eigenvalue weighted by Gasteiger charge is 2.17. The molecule has 0 fully saturated rings. The number of halogens is 3. The summed E-state index contributed by atoms with van der Waals surface area (Å²) in [4.78, 5) is 12.2. The molecule has 2 aromatic rings. The van der Waals surface area contributed by atoms with E-state index in [1.165, 1.54) is 0 Å². The van der Waals surface area contributed by atoms with Crippen molar-refractivity contribution in [2.24, 2.45) is 0 Å². The van der Waals surface area contributed by atoms with E-state index >= 15 is 0 Å². The molecule has 0 aliphatic rings. The lowest BCUT2D eigenvalue weighted by Gasteiger charge is -2.10. The first-order chi connectivity index (χ1) is 9.93. The molecule has 1 atom stereocenters. The van der Waals surface area contributed by atoms with Crippen LogP contribution in [0.25, 0.3) is 0 Å². The van der Waals surface area contributed by atoms with Gasteiger partial charge in [0.2, 0.25) is 0 Å². The fourth-order valence-electron chi connectivity index (χ4n) is 2.05. The van der Waals surface area contributed by atoms with Gasteiger partial charge in [0.05, 0.1) is 10.6 Å². The minimum atomic E-state index is -0.822. The van der Waals surface area contributed by atoms with Gasteiger partial charge in [-0.3, -0.25) is 4.79 Å². The Hall–Kier alpha value is -1.74. The molecule has 1 nitrogen and oxygen atoms in total. The van der Waals surface area contributed by atoms with Gasteiger partial charge >= 0.3 is 0 Å². The van der Waals surface area contributed by atoms with Crippen LogP contribution in [0.1, 0.15) is 47.7 Å². The molecule has 4 heteroatoms. The average molecular weight is 309 g/mol. The Bertz CT molecular complexity index is 665. The third kappa shape index (κ3) is 3.30. The lowest BCUT2D eigenvalue weighted by atomic mass is 9.95. The number of ketones is 1. The highest BCUT2D eigenvalue weighted by molar-refractivity contribution is 6.30. The van der Waals surface area contributed by atoms with Crippen molar-refractivity contribution in [2.75, 3.05) is 0 Å². The summed E-state index contributed by atoms with van der Waals surface area (Å²) in [7, 11) is 0. The maximum atomic E-state index is 13.8. The predicted molar refractivity (Wildman–Crippen MR) is 79.9 cm³/mol. The second-order valence-electron chi connectivity index (χ2n) is 5.01. The molecule has 0 saturated carbocycles. The van der Waals surface area contributed by atoms with Crippen LogP contribution in [0.4, 0.5) is 8.78 Å². The normalized spacial score (nSPS) is 12.2. The highest BCUT2D eigenvalue weighted by atomic mass is 35.5. The Labute approximate surface area is 127 Å². The zero-order valence-corrected chi connectivity index (χ0v) is 12.5. The minimum absolute atomic E-state index is 0.312. The van der Waals surface area contributed by atoms with Gasteiger partial charge in [-0.25, -0.2) is 8.78 Å². The molecule has 0 aliphatic carbocycles. The molecule has 110 valence electrons. The zero-order chi connectivity index (χ0) is 15.6. The number of benzene rings is 2. The second-order valence-corrected chi connectivity index (χ2v) is 5.41. The maximum absolute atomic E-state index is 13.8. The molecule has 0 spiro atoms. The van der Waals surface area contributed by atoms with E-state index in [4.69, 9.17) is 11.6 Å². The topological polar surface area (TPSA) is 17.1 Å². The Kier molecular flexibility index (Phi) is 4.73. The molecule has 0 amide bonds. The van der Waals surface area contributed by atoms with Crippen LogP contribution in [0.5, 0.6) is 0 Å². The van der Waals surface area contributed by atoms with Gasteiger partial charge in [-0.15, -0.1) is 0 Å². The number of carbonyl (C=O) groups excluding carboxylic acids is 1. The summed E-state index contributed by atoms with van der Waals surface area (Å²) < 4.78 is 27.2. The van der Waals surface area contributed by atoms with Gasteiger partial charge in [-0.05, 0) is 30.0 Å². The van der Waals surface area contributed by atoms with Crippen LogP contribution in [0.15, 0.2) is 36.4 Å². The third-order valence-electron chi connectivity index (χ3n) is 3.61. The van der Waals surface area contributed by atoms with E-state index in [-0.39, 0.29) is 10.6 Å². The van der Waals surface area contributed by atoms with Gasteiger partial charge in [-0.1, -0.05) is 49.7 Å². The van der Waals surface area contributed by atoms with Gasteiger partial charge in [-0.2, -0.15) is 0 Å². The molecule has 0 N–H and O–H groups in total. The molecule has 0 aliphatic heterocycles. The van der Waals surface area contributed by atoms with Crippen LogP contribution in [0.2, 0.25) is 5.02 Å². The van der Waals surface area contributed by atoms with Crippen LogP contribution in [0, 0.1) is 11.6 Å². The first-order valence-corrected chi connectivity index (χ1v) is 7.11. The fraction of sp³-hybridized carbons (Fsp3) is 0.235. The number of carbonyl (C=O) groups is 1. The molecule has 0 radical (unpaired) electrons. The molecule has 2 aromatic carbocycles. The van der Waals surface area contributed by atoms with Crippen molar-refractivity contribution in [3.05, 3.63) is 69.7 Å².